The van der Waals surface area contributed by atoms with Crippen LogP contribution in [0.5, 0.6) is 0 Å². The lowest BCUT2D eigenvalue weighted by Gasteiger charge is -2.08. The highest BCUT2D eigenvalue weighted by molar-refractivity contribution is 6.86. The van der Waals surface area contributed by atoms with Crippen LogP contribution < -0.4 is 10.9 Å². The fraction of sp³-hybridized carbons (Fsp3) is 0. The fourth-order valence-electron chi connectivity index (χ4n) is 2.88. The summed E-state index contributed by atoms with van der Waals surface area (Å²) in [6.07, 6.45) is 2.00. The smallest absolute Gasteiger partial charge is 0.335 e. The quantitative estimate of drug-likeness (QED) is 0.633. The van der Waals surface area contributed by atoms with Crippen LogP contribution in [-0.2, 0) is 0 Å². The summed E-state index contributed by atoms with van der Waals surface area (Å²) in [5.74, 6) is 0. The van der Waals surface area contributed by atoms with E-state index in [4.69, 9.17) is 0 Å². The molecule has 0 bridgehead atoms. The zero-order valence-corrected chi connectivity index (χ0v) is 11.6. The van der Waals surface area contributed by atoms with Crippen LogP contribution in [0.4, 0.5) is 0 Å². The van der Waals surface area contributed by atoms with Gasteiger partial charge in [0.2, 0.25) is 0 Å². The van der Waals surface area contributed by atoms with E-state index in [-0.39, 0.29) is 6.85 Å². The van der Waals surface area contributed by atoms with Gasteiger partial charge in [0, 0.05) is 6.21 Å². The highest BCUT2D eigenvalue weighted by atomic mass is 14.6. The minimum absolute atomic E-state index is 0.144. The molecule has 0 atom stereocenters. The number of rotatable bonds is 2. The Morgan fingerprint density at radius 3 is 2.14 bits per heavy atom. The van der Waals surface area contributed by atoms with E-state index < -0.39 is 0 Å². The lowest BCUT2D eigenvalue weighted by molar-refractivity contribution is 1.63. The van der Waals surface area contributed by atoms with Crippen molar-refractivity contribution in [3.8, 4) is 11.1 Å². The molecule has 1 aliphatic heterocycles. The molecule has 1 aliphatic rings. The third kappa shape index (κ3) is 2.19. The van der Waals surface area contributed by atoms with E-state index in [1.807, 2.05) is 18.3 Å². The highest BCUT2D eigenvalue weighted by Crippen LogP contribution is 2.20. The van der Waals surface area contributed by atoms with Crippen molar-refractivity contribution < 1.29 is 0 Å². The van der Waals surface area contributed by atoms with Crippen molar-refractivity contribution in [3.63, 3.8) is 0 Å². The van der Waals surface area contributed by atoms with E-state index >= 15 is 0 Å². The molecule has 0 spiro atoms. The van der Waals surface area contributed by atoms with E-state index in [1.165, 1.54) is 27.6 Å². The standard InChI is InChI=1S/C19H14BN/c1-3-7-15(8-4-1)16-11-12-19-17(13-16)14-21-20(19)18-9-5-2-6-10-18/h1-14H. The van der Waals surface area contributed by atoms with Gasteiger partial charge in [-0.3, -0.25) is 0 Å². The van der Waals surface area contributed by atoms with Crippen LogP contribution in [0.15, 0.2) is 83.8 Å². The van der Waals surface area contributed by atoms with Crippen LogP contribution >= 0.6 is 0 Å². The molecular weight excluding hydrogens is 253 g/mol. The molecule has 0 radical (unpaired) electrons. The maximum Gasteiger partial charge on any atom is 0.344 e. The molecule has 2 heteroatoms. The predicted molar refractivity (Wildman–Crippen MR) is 90.9 cm³/mol. The molecule has 3 aromatic rings. The number of benzene rings is 3. The minimum Gasteiger partial charge on any atom is -0.335 e. The van der Waals surface area contributed by atoms with Crippen molar-refractivity contribution in [2.75, 3.05) is 0 Å². The molecule has 0 N–H and O–H groups in total. The van der Waals surface area contributed by atoms with Crippen LogP contribution in [0.1, 0.15) is 5.56 Å². The molecule has 4 rings (SSSR count). The third-order valence-electron chi connectivity index (χ3n) is 3.97. The van der Waals surface area contributed by atoms with Crippen molar-refractivity contribution >= 4 is 24.0 Å². The van der Waals surface area contributed by atoms with Crippen LogP contribution in [0.25, 0.3) is 11.1 Å². The molecule has 0 amide bonds. The molecule has 0 fully saturated rings. The van der Waals surface area contributed by atoms with E-state index in [0.717, 1.165) is 0 Å². The fourth-order valence-corrected chi connectivity index (χ4v) is 2.88. The summed E-state index contributed by atoms with van der Waals surface area (Å²) in [7, 11) is 0. The molecule has 1 heterocycles. The Hall–Kier alpha value is -2.61. The van der Waals surface area contributed by atoms with E-state index in [0.29, 0.717) is 0 Å². The zero-order chi connectivity index (χ0) is 14.1. The van der Waals surface area contributed by atoms with Crippen molar-refractivity contribution in [3.05, 3.63) is 84.4 Å². The molecule has 1 nitrogen and oxygen atoms in total. The average Bonchev–Trinajstić information content (AvgIpc) is 2.99. The monoisotopic (exact) mass is 267 g/mol. The summed E-state index contributed by atoms with van der Waals surface area (Å²) < 4.78 is 0. The first kappa shape index (κ1) is 12.2. The Labute approximate surface area is 125 Å². The molecule has 3 aromatic carbocycles. The van der Waals surface area contributed by atoms with Crippen LogP contribution in [0.3, 0.4) is 0 Å². The lowest BCUT2D eigenvalue weighted by Crippen LogP contribution is -2.39. The number of nitrogens with zero attached hydrogens (tertiary/aromatic N) is 1. The van der Waals surface area contributed by atoms with E-state index in [9.17, 15) is 0 Å². The summed E-state index contributed by atoms with van der Waals surface area (Å²) in [5.41, 5.74) is 6.26. The van der Waals surface area contributed by atoms with Crippen LogP contribution in [0, 0.1) is 0 Å². The summed E-state index contributed by atoms with van der Waals surface area (Å²) in [6.45, 7) is 0.144. The first-order chi connectivity index (χ1) is 10.4. The Morgan fingerprint density at radius 2 is 1.38 bits per heavy atom. The second-order valence-corrected chi connectivity index (χ2v) is 5.30. The number of hydrogen-bond donors (Lipinski definition) is 0. The van der Waals surface area contributed by atoms with Gasteiger partial charge in [-0.25, -0.2) is 0 Å². The van der Waals surface area contributed by atoms with Gasteiger partial charge in [-0.15, -0.1) is 0 Å². The van der Waals surface area contributed by atoms with Gasteiger partial charge < -0.3 is 4.90 Å². The molecule has 0 aliphatic carbocycles. The minimum atomic E-state index is 0.144. The Kier molecular flexibility index (Phi) is 2.93. The van der Waals surface area contributed by atoms with Gasteiger partial charge in [-0.05, 0) is 33.7 Å². The predicted octanol–water partition coefficient (Wildman–Crippen LogP) is 2.89. The SMILES string of the molecule is C1=NB(c2ccccc2)c2ccc(-c3ccccc3)cc21. The first-order valence-corrected chi connectivity index (χ1v) is 7.19. The third-order valence-corrected chi connectivity index (χ3v) is 3.97. The Balaban J connectivity index is 1.74. The van der Waals surface area contributed by atoms with Gasteiger partial charge in [0.25, 0.3) is 0 Å². The van der Waals surface area contributed by atoms with Crippen molar-refractivity contribution in [1.29, 1.82) is 0 Å². The number of fused-ring (bicyclic) bond motifs is 1. The Bertz CT molecular complexity index is 794. The molecule has 98 valence electrons. The van der Waals surface area contributed by atoms with Crippen LogP contribution in [-0.4, -0.2) is 13.1 Å². The zero-order valence-electron chi connectivity index (χ0n) is 11.6. The van der Waals surface area contributed by atoms with Crippen molar-refractivity contribution in [2.45, 2.75) is 0 Å². The maximum absolute atomic E-state index is 4.68. The normalized spacial score (nSPS) is 12.5. The molecule has 0 saturated heterocycles. The summed E-state index contributed by atoms with van der Waals surface area (Å²) in [4.78, 5) is 4.68. The second-order valence-electron chi connectivity index (χ2n) is 5.30. The van der Waals surface area contributed by atoms with E-state index in [2.05, 4.69) is 71.6 Å². The van der Waals surface area contributed by atoms with Crippen LogP contribution in [0.2, 0.25) is 0 Å². The van der Waals surface area contributed by atoms with Gasteiger partial charge in [-0.2, -0.15) is 0 Å². The largest absolute Gasteiger partial charge is 0.344 e. The lowest BCUT2D eigenvalue weighted by atomic mass is 9.52. The topological polar surface area (TPSA) is 12.4 Å². The summed E-state index contributed by atoms with van der Waals surface area (Å²) in [5, 5.41) is 0. The highest BCUT2D eigenvalue weighted by Gasteiger charge is 2.25. The molecule has 21 heavy (non-hydrogen) atoms. The Morgan fingerprint density at radius 1 is 0.667 bits per heavy atom. The molecule has 0 saturated carbocycles. The van der Waals surface area contributed by atoms with Gasteiger partial charge in [0.05, 0.1) is 0 Å². The average molecular weight is 267 g/mol. The molecule has 0 unspecified atom stereocenters. The van der Waals surface area contributed by atoms with Crippen molar-refractivity contribution in [1.82, 2.24) is 0 Å². The maximum atomic E-state index is 4.68. The second kappa shape index (κ2) is 5.06. The first-order valence-electron chi connectivity index (χ1n) is 7.19. The summed E-state index contributed by atoms with van der Waals surface area (Å²) in [6, 6.07) is 27.6. The van der Waals surface area contributed by atoms with Crippen molar-refractivity contribution in [2.24, 2.45) is 4.90 Å². The van der Waals surface area contributed by atoms with Gasteiger partial charge >= 0.3 is 6.85 Å². The molecule has 0 aromatic heterocycles. The van der Waals surface area contributed by atoms with Gasteiger partial charge in [0.15, 0.2) is 0 Å². The molecular formula is C19H14BN. The van der Waals surface area contributed by atoms with Gasteiger partial charge in [-0.1, -0.05) is 72.8 Å². The number of hydrogen-bond acceptors (Lipinski definition) is 1. The summed E-state index contributed by atoms with van der Waals surface area (Å²) >= 11 is 0. The van der Waals surface area contributed by atoms with Gasteiger partial charge in [0.1, 0.15) is 0 Å². The van der Waals surface area contributed by atoms with E-state index in [1.54, 1.807) is 0 Å².